The molecule has 1 aliphatic heterocycles. The van der Waals surface area contributed by atoms with E-state index in [-0.39, 0.29) is 12.0 Å². The molecule has 9 aromatic rings. The van der Waals surface area contributed by atoms with Crippen molar-refractivity contribution < 1.29 is 0 Å². The van der Waals surface area contributed by atoms with E-state index >= 15 is 0 Å². The summed E-state index contributed by atoms with van der Waals surface area (Å²) in [6, 6.07) is 87.0. The highest BCUT2D eigenvalue weighted by molar-refractivity contribution is 5.92. The molecule has 5 aliphatic rings. The maximum atomic E-state index is 2.59. The molecule has 70 heavy (non-hydrogen) atoms. The highest BCUT2D eigenvalue weighted by atomic mass is 15.2. The first-order valence-electron chi connectivity index (χ1n) is 24.9. The highest BCUT2D eigenvalue weighted by Crippen LogP contribution is 2.67. The van der Waals surface area contributed by atoms with Crippen molar-refractivity contribution in [3.05, 3.63) is 323 Å². The molecule has 2 nitrogen and oxygen atoms in total. The maximum Gasteiger partial charge on any atom is 0.0720 e. The van der Waals surface area contributed by atoms with Crippen LogP contribution in [-0.2, 0) is 10.8 Å². The fraction of sp³-hybridized carbons (Fsp3) is 0.0882. The predicted molar refractivity (Wildman–Crippen MR) is 289 cm³/mol. The first-order valence-corrected chi connectivity index (χ1v) is 24.9. The minimum absolute atomic E-state index is 0.190. The van der Waals surface area contributed by atoms with Crippen LogP contribution in [0.5, 0.6) is 0 Å². The topological polar surface area (TPSA) is 6.48 Å². The first kappa shape index (κ1) is 40.6. The summed E-state index contributed by atoms with van der Waals surface area (Å²) >= 11 is 0. The molecule has 0 spiro atoms. The Bertz CT molecular complexity index is 3610. The van der Waals surface area contributed by atoms with Gasteiger partial charge in [-0.15, -0.1) is 0 Å². The Labute approximate surface area is 411 Å². The molecule has 4 aliphatic carbocycles. The molecule has 4 atom stereocenters. The Morgan fingerprint density at radius 2 is 1.03 bits per heavy atom. The van der Waals surface area contributed by atoms with Gasteiger partial charge in [0.15, 0.2) is 0 Å². The third-order valence-corrected chi connectivity index (χ3v) is 16.0. The van der Waals surface area contributed by atoms with Crippen molar-refractivity contribution in [1.29, 1.82) is 0 Å². The van der Waals surface area contributed by atoms with Gasteiger partial charge in [0, 0.05) is 34.4 Å². The van der Waals surface area contributed by atoms with Crippen LogP contribution in [-0.4, -0.2) is 6.04 Å². The molecule has 0 saturated heterocycles. The van der Waals surface area contributed by atoms with Crippen LogP contribution in [0.1, 0.15) is 63.3 Å². The van der Waals surface area contributed by atoms with Crippen LogP contribution in [0.25, 0.3) is 22.3 Å². The Morgan fingerprint density at radius 1 is 0.457 bits per heavy atom. The quantitative estimate of drug-likeness (QED) is 0.150. The lowest BCUT2D eigenvalue weighted by Crippen LogP contribution is -2.45. The van der Waals surface area contributed by atoms with Gasteiger partial charge < -0.3 is 9.80 Å². The molecule has 2 heteroatoms. The molecule has 332 valence electrons. The summed E-state index contributed by atoms with van der Waals surface area (Å²) in [6.07, 6.45) is 15.9. The van der Waals surface area contributed by atoms with E-state index < -0.39 is 10.8 Å². The van der Waals surface area contributed by atoms with Crippen LogP contribution in [0.2, 0.25) is 0 Å². The van der Waals surface area contributed by atoms with Crippen LogP contribution in [0.15, 0.2) is 278 Å². The molecule has 0 bridgehead atoms. The fourth-order valence-corrected chi connectivity index (χ4v) is 13.3. The van der Waals surface area contributed by atoms with Gasteiger partial charge in [0.1, 0.15) is 0 Å². The summed E-state index contributed by atoms with van der Waals surface area (Å²) in [7, 11) is 0. The summed E-state index contributed by atoms with van der Waals surface area (Å²) in [5.74, 6) is 0.207. The molecule has 4 unspecified atom stereocenters. The summed E-state index contributed by atoms with van der Waals surface area (Å²) in [5.41, 5.74) is 21.9. The smallest absolute Gasteiger partial charge is 0.0720 e. The van der Waals surface area contributed by atoms with Gasteiger partial charge >= 0.3 is 0 Å². The molecule has 1 heterocycles. The second kappa shape index (κ2) is 16.1. The van der Waals surface area contributed by atoms with E-state index in [1.807, 2.05) is 0 Å². The van der Waals surface area contributed by atoms with E-state index in [1.54, 1.807) is 0 Å². The van der Waals surface area contributed by atoms with Gasteiger partial charge in [-0.1, -0.05) is 218 Å². The number of nitrogens with zero attached hydrogens (tertiary/aromatic N) is 2. The van der Waals surface area contributed by atoms with E-state index in [0.717, 1.165) is 24.2 Å². The number of rotatable bonds is 8. The predicted octanol–water partition coefficient (Wildman–Crippen LogP) is 16.5. The van der Waals surface area contributed by atoms with E-state index in [0.29, 0.717) is 0 Å². The van der Waals surface area contributed by atoms with E-state index in [9.17, 15) is 0 Å². The molecule has 0 N–H and O–H groups in total. The van der Waals surface area contributed by atoms with Crippen molar-refractivity contribution in [2.24, 2.45) is 0 Å². The zero-order chi connectivity index (χ0) is 46.2. The molecule has 0 radical (unpaired) electrons. The molecular weight excluding hydrogens is 845 g/mol. The van der Waals surface area contributed by atoms with Crippen molar-refractivity contribution >= 4 is 22.7 Å². The average molecular weight is 895 g/mol. The Kier molecular flexibility index (Phi) is 9.32. The number of para-hydroxylation sites is 1. The Morgan fingerprint density at radius 3 is 1.77 bits per heavy atom. The summed E-state index contributed by atoms with van der Waals surface area (Å²) in [4.78, 5) is 5.12. The number of fused-ring (bicyclic) bond motifs is 8. The van der Waals surface area contributed by atoms with Crippen LogP contribution in [0, 0.1) is 0 Å². The van der Waals surface area contributed by atoms with Crippen molar-refractivity contribution in [2.75, 3.05) is 9.80 Å². The van der Waals surface area contributed by atoms with Crippen LogP contribution >= 0.6 is 0 Å². The molecule has 0 saturated carbocycles. The van der Waals surface area contributed by atoms with Gasteiger partial charge in [0.25, 0.3) is 0 Å². The minimum Gasteiger partial charge on any atom is -0.333 e. The molecule has 0 fully saturated rings. The van der Waals surface area contributed by atoms with Gasteiger partial charge in [-0.2, -0.15) is 0 Å². The largest absolute Gasteiger partial charge is 0.333 e. The SMILES string of the molecule is C1=CC2c3cc(N(C4=C(C5(c6ccccc6)c6ccccc6C6(c7ccccc7)c7ccccc7-c7cccc5c76)CCC=C4)c4ccc(-c5ccccc5)cc4)ccc3N(c3ccccc3)C2C=C1. The summed E-state index contributed by atoms with van der Waals surface area (Å²) < 4.78 is 0. The molecule has 0 amide bonds. The minimum atomic E-state index is -0.658. The van der Waals surface area contributed by atoms with E-state index in [2.05, 4.69) is 277 Å². The summed E-state index contributed by atoms with van der Waals surface area (Å²) in [6.45, 7) is 0. The summed E-state index contributed by atoms with van der Waals surface area (Å²) in [5, 5.41) is 0. The lowest BCUT2D eigenvalue weighted by Gasteiger charge is -2.51. The van der Waals surface area contributed by atoms with Crippen molar-refractivity contribution in [3.8, 4) is 22.3 Å². The third kappa shape index (κ3) is 5.74. The lowest BCUT2D eigenvalue weighted by molar-refractivity contribution is 0.592. The number of hydrogen-bond donors (Lipinski definition) is 0. The molecular formula is C68H50N2. The standard InChI is InChI=1S/C68H50N2/c1-5-22-47(23-6-1)48-40-42-52(43-41-48)69(53-44-45-64-57(46-53)55-31-14-19-38-63(55)70(64)51-28-11-4-12-29-51)65-39-20-18-36-61(65)67(49-24-7-2-8-25-49)59-34-16-17-35-60(59)68(50-26-9-3-10-27-50)58-33-15-13-30-54(58)56-32-21-37-62(67)66(56)68/h1-17,19-35,37-46,55,63H,18,36H2. The van der Waals surface area contributed by atoms with Crippen molar-refractivity contribution in [1.82, 2.24) is 0 Å². The van der Waals surface area contributed by atoms with Crippen molar-refractivity contribution in [2.45, 2.75) is 35.6 Å². The van der Waals surface area contributed by atoms with Crippen molar-refractivity contribution in [3.63, 3.8) is 0 Å². The Hall–Kier alpha value is -8.46. The first-order chi connectivity index (χ1) is 34.8. The number of anilines is 4. The molecule has 14 rings (SSSR count). The highest BCUT2D eigenvalue weighted by Gasteiger charge is 2.58. The lowest BCUT2D eigenvalue weighted by atomic mass is 9.50. The molecule has 0 aromatic heterocycles. The normalized spacial score (nSPS) is 20.9. The van der Waals surface area contributed by atoms with Gasteiger partial charge in [-0.05, 0) is 134 Å². The van der Waals surface area contributed by atoms with Crippen LogP contribution in [0.3, 0.4) is 0 Å². The second-order valence-electron chi connectivity index (χ2n) is 19.3. The maximum absolute atomic E-state index is 2.59. The zero-order valence-electron chi connectivity index (χ0n) is 38.9. The number of benzene rings is 9. The average Bonchev–Trinajstić information content (AvgIpc) is 3.94. The molecule has 9 aromatic carbocycles. The van der Waals surface area contributed by atoms with Gasteiger partial charge in [-0.25, -0.2) is 0 Å². The third-order valence-electron chi connectivity index (χ3n) is 16.0. The number of hydrogen-bond acceptors (Lipinski definition) is 2. The van der Waals surface area contributed by atoms with Crippen LogP contribution in [0.4, 0.5) is 22.7 Å². The zero-order valence-corrected chi connectivity index (χ0v) is 38.9. The fourth-order valence-electron chi connectivity index (χ4n) is 13.3. The Balaban J connectivity index is 1.07. The monoisotopic (exact) mass is 894 g/mol. The van der Waals surface area contributed by atoms with E-state index in [4.69, 9.17) is 0 Å². The van der Waals surface area contributed by atoms with Gasteiger partial charge in [0.05, 0.1) is 16.9 Å². The van der Waals surface area contributed by atoms with Gasteiger partial charge in [0.2, 0.25) is 0 Å². The van der Waals surface area contributed by atoms with E-state index in [1.165, 1.54) is 89.4 Å². The second-order valence-corrected chi connectivity index (χ2v) is 19.3. The van der Waals surface area contributed by atoms with Gasteiger partial charge in [-0.3, -0.25) is 0 Å². The number of allylic oxidation sites excluding steroid dienone is 5. The van der Waals surface area contributed by atoms with Crippen LogP contribution < -0.4 is 9.80 Å².